The number of rotatable bonds is 3. The lowest BCUT2D eigenvalue weighted by Crippen LogP contribution is -2.29. The summed E-state index contributed by atoms with van der Waals surface area (Å²) in [5.41, 5.74) is 0.264. The Hall–Kier alpha value is -3.18. The molecule has 1 aromatic carbocycles. The lowest BCUT2D eigenvalue weighted by Gasteiger charge is -2.12. The van der Waals surface area contributed by atoms with Crippen LogP contribution < -0.4 is 16.2 Å². The molecule has 0 amide bonds. The molecule has 24 heavy (non-hydrogen) atoms. The van der Waals surface area contributed by atoms with Gasteiger partial charge < -0.3 is 10.1 Å². The Labute approximate surface area is 136 Å². The van der Waals surface area contributed by atoms with Gasteiger partial charge in [0.15, 0.2) is 5.66 Å². The quantitative estimate of drug-likeness (QED) is 0.629. The van der Waals surface area contributed by atoms with Gasteiger partial charge >= 0.3 is 5.97 Å². The second-order valence-corrected chi connectivity index (χ2v) is 5.56. The van der Waals surface area contributed by atoms with Crippen molar-refractivity contribution in [2.45, 2.75) is 18.8 Å². The number of anilines is 1. The summed E-state index contributed by atoms with van der Waals surface area (Å²) < 4.78 is 6.31. The molecule has 2 N–H and O–H groups in total. The van der Waals surface area contributed by atoms with Crippen LogP contribution in [0.5, 0.6) is 0 Å². The highest BCUT2D eigenvalue weighted by molar-refractivity contribution is 5.88. The first-order chi connectivity index (χ1) is 11.6. The molecule has 2 atom stereocenters. The van der Waals surface area contributed by atoms with Crippen molar-refractivity contribution in [3.05, 3.63) is 57.5 Å². The number of esters is 1. The van der Waals surface area contributed by atoms with Gasteiger partial charge in [-0.2, -0.15) is 5.26 Å². The predicted octanol–water partition coefficient (Wildman–Crippen LogP) is 0.672. The molecule has 2 aliphatic heterocycles. The molecule has 0 aliphatic carbocycles. The molecular formula is C16H13N5O3. The summed E-state index contributed by atoms with van der Waals surface area (Å²) >= 11 is 0. The second-order valence-electron chi connectivity index (χ2n) is 5.56. The molecule has 120 valence electrons. The van der Waals surface area contributed by atoms with Crippen LogP contribution in [0.2, 0.25) is 0 Å². The molecule has 0 saturated carbocycles. The molecule has 2 aromatic rings. The summed E-state index contributed by atoms with van der Waals surface area (Å²) in [5, 5.41) is 15.3. The number of benzene rings is 1. The van der Waals surface area contributed by atoms with Crippen LogP contribution in [0.1, 0.15) is 34.6 Å². The van der Waals surface area contributed by atoms with E-state index < -0.39 is 17.2 Å². The van der Waals surface area contributed by atoms with Crippen LogP contribution in [0.25, 0.3) is 0 Å². The molecule has 2 aliphatic rings. The number of fused-ring (bicyclic) bond motifs is 3. The fourth-order valence-corrected chi connectivity index (χ4v) is 2.98. The Bertz CT molecular complexity index is 944. The van der Waals surface area contributed by atoms with Crippen molar-refractivity contribution in [3.63, 3.8) is 0 Å². The average molecular weight is 323 g/mol. The first kappa shape index (κ1) is 14.4. The Morgan fingerprint density at radius 2 is 2.21 bits per heavy atom. The SMILES string of the molecule is CCOC(=O)c1cnc2n(c1=O)C1NC1(c1ccc(C#N)cc1)N2. The molecule has 8 heteroatoms. The lowest BCUT2D eigenvalue weighted by atomic mass is 10.0. The fraction of sp³-hybridized carbons (Fsp3) is 0.250. The van der Waals surface area contributed by atoms with Crippen molar-refractivity contribution in [2.24, 2.45) is 0 Å². The van der Waals surface area contributed by atoms with Gasteiger partial charge in [0.25, 0.3) is 5.56 Å². The van der Waals surface area contributed by atoms with Gasteiger partial charge in [-0.15, -0.1) is 0 Å². The van der Waals surface area contributed by atoms with E-state index in [9.17, 15) is 9.59 Å². The maximum absolute atomic E-state index is 12.6. The smallest absolute Gasteiger partial charge is 0.345 e. The van der Waals surface area contributed by atoms with Crippen molar-refractivity contribution in [2.75, 3.05) is 11.9 Å². The highest BCUT2D eigenvalue weighted by Crippen LogP contribution is 2.50. The molecule has 0 spiro atoms. The molecule has 1 fully saturated rings. The van der Waals surface area contributed by atoms with Crippen molar-refractivity contribution < 1.29 is 9.53 Å². The zero-order valence-electron chi connectivity index (χ0n) is 12.7. The van der Waals surface area contributed by atoms with Crippen LogP contribution in [-0.4, -0.2) is 22.1 Å². The number of hydrogen-bond donors (Lipinski definition) is 2. The third kappa shape index (κ3) is 1.85. The topological polar surface area (TPSA) is 119 Å². The van der Waals surface area contributed by atoms with E-state index in [1.807, 2.05) is 12.1 Å². The largest absolute Gasteiger partial charge is 0.462 e. The first-order valence-corrected chi connectivity index (χ1v) is 7.46. The number of ether oxygens (including phenoxy) is 1. The van der Waals surface area contributed by atoms with Crippen LogP contribution in [0, 0.1) is 11.3 Å². The van der Waals surface area contributed by atoms with E-state index in [1.54, 1.807) is 19.1 Å². The highest BCUT2D eigenvalue weighted by atomic mass is 16.5. The van der Waals surface area contributed by atoms with Crippen molar-refractivity contribution >= 4 is 11.9 Å². The maximum Gasteiger partial charge on any atom is 0.345 e. The summed E-state index contributed by atoms with van der Waals surface area (Å²) in [6.45, 7) is 1.87. The van der Waals surface area contributed by atoms with Crippen LogP contribution in [0.3, 0.4) is 0 Å². The van der Waals surface area contributed by atoms with Gasteiger partial charge in [-0.25, -0.2) is 9.78 Å². The highest BCUT2D eigenvalue weighted by Gasteiger charge is 2.62. The van der Waals surface area contributed by atoms with E-state index in [2.05, 4.69) is 21.7 Å². The maximum atomic E-state index is 12.6. The molecule has 0 radical (unpaired) electrons. The standard InChI is InChI=1S/C16H13N5O3/c1-2-24-13(23)11-8-18-15-20-16(14(19-16)21(15)12(11)22)10-5-3-9(7-17)4-6-10/h3-6,8,14,19H,2H2,1H3,(H,18,20). The molecule has 0 bridgehead atoms. The van der Waals surface area contributed by atoms with E-state index in [1.165, 1.54) is 10.8 Å². The molecule has 3 heterocycles. The van der Waals surface area contributed by atoms with Crippen molar-refractivity contribution in [1.82, 2.24) is 14.9 Å². The minimum Gasteiger partial charge on any atom is -0.462 e. The molecule has 1 saturated heterocycles. The van der Waals surface area contributed by atoms with Gasteiger partial charge in [0.2, 0.25) is 5.95 Å². The summed E-state index contributed by atoms with van der Waals surface area (Å²) in [7, 11) is 0. The summed E-state index contributed by atoms with van der Waals surface area (Å²) in [4.78, 5) is 28.6. The van der Waals surface area contributed by atoms with Gasteiger partial charge in [-0.05, 0) is 24.6 Å². The van der Waals surface area contributed by atoms with Gasteiger partial charge in [-0.3, -0.25) is 14.7 Å². The Morgan fingerprint density at radius 3 is 2.88 bits per heavy atom. The Balaban J connectivity index is 1.72. The molecule has 4 rings (SSSR count). The van der Waals surface area contributed by atoms with Crippen LogP contribution >= 0.6 is 0 Å². The number of nitrogens with zero attached hydrogens (tertiary/aromatic N) is 3. The predicted molar refractivity (Wildman–Crippen MR) is 83.1 cm³/mol. The number of carbonyl (C=O) groups excluding carboxylic acids is 1. The zero-order valence-corrected chi connectivity index (χ0v) is 12.7. The van der Waals surface area contributed by atoms with Gasteiger partial charge in [0, 0.05) is 0 Å². The number of nitrogens with one attached hydrogen (secondary N) is 2. The van der Waals surface area contributed by atoms with Crippen LogP contribution in [-0.2, 0) is 10.4 Å². The molecule has 2 unspecified atom stereocenters. The van der Waals surface area contributed by atoms with Gasteiger partial charge in [0.1, 0.15) is 11.7 Å². The summed E-state index contributed by atoms with van der Waals surface area (Å²) in [5.74, 6) is -0.289. The first-order valence-electron chi connectivity index (χ1n) is 7.46. The van der Waals surface area contributed by atoms with Crippen molar-refractivity contribution in [1.29, 1.82) is 5.26 Å². The monoisotopic (exact) mass is 323 g/mol. The van der Waals surface area contributed by atoms with E-state index in [-0.39, 0.29) is 18.3 Å². The zero-order chi connectivity index (χ0) is 16.9. The Kier molecular flexibility index (Phi) is 2.95. The Morgan fingerprint density at radius 1 is 1.46 bits per heavy atom. The van der Waals surface area contributed by atoms with E-state index >= 15 is 0 Å². The number of aromatic nitrogens is 2. The van der Waals surface area contributed by atoms with Crippen LogP contribution in [0.15, 0.2) is 35.3 Å². The third-order valence-electron chi connectivity index (χ3n) is 4.22. The third-order valence-corrected chi connectivity index (χ3v) is 4.22. The summed E-state index contributed by atoms with van der Waals surface area (Å²) in [6.07, 6.45) is 0.894. The fourth-order valence-electron chi connectivity index (χ4n) is 2.98. The van der Waals surface area contributed by atoms with Crippen LogP contribution in [0.4, 0.5) is 5.95 Å². The number of carbonyl (C=O) groups is 1. The minimum absolute atomic E-state index is 0.0910. The molecule has 1 aromatic heterocycles. The van der Waals surface area contributed by atoms with Gasteiger partial charge in [0.05, 0.1) is 24.4 Å². The minimum atomic E-state index is -0.679. The second kappa shape index (κ2) is 4.91. The molecular weight excluding hydrogens is 310 g/mol. The number of nitriles is 1. The van der Waals surface area contributed by atoms with Crippen molar-refractivity contribution in [3.8, 4) is 6.07 Å². The lowest BCUT2D eigenvalue weighted by molar-refractivity contribution is 0.0523. The number of hydrogen-bond acceptors (Lipinski definition) is 7. The van der Waals surface area contributed by atoms with Gasteiger partial charge in [-0.1, -0.05) is 12.1 Å². The van der Waals surface area contributed by atoms with E-state index in [0.29, 0.717) is 11.5 Å². The van der Waals surface area contributed by atoms with E-state index in [0.717, 1.165) is 5.56 Å². The van der Waals surface area contributed by atoms with E-state index in [4.69, 9.17) is 10.00 Å². The normalized spacial score (nSPS) is 22.8. The molecule has 8 nitrogen and oxygen atoms in total. The summed E-state index contributed by atoms with van der Waals surface area (Å²) in [6, 6.07) is 9.14. The average Bonchev–Trinajstić information content (AvgIpc) is 3.21.